The molecule has 94 valence electrons. The fourth-order valence-corrected chi connectivity index (χ4v) is 1.87. The van der Waals surface area contributed by atoms with Gasteiger partial charge in [-0.1, -0.05) is 0 Å². The summed E-state index contributed by atoms with van der Waals surface area (Å²) in [5.41, 5.74) is 1.50. The summed E-state index contributed by atoms with van der Waals surface area (Å²) in [7, 11) is 3.19. The zero-order valence-corrected chi connectivity index (χ0v) is 10.4. The zero-order valence-electron chi connectivity index (χ0n) is 10.4. The lowest BCUT2D eigenvalue weighted by Crippen LogP contribution is -1.97. The van der Waals surface area contributed by atoms with E-state index in [1.54, 1.807) is 24.6 Å². The number of hydrogen-bond acceptors (Lipinski definition) is 3. The zero-order chi connectivity index (χ0) is 13.3. The van der Waals surface area contributed by atoms with Gasteiger partial charge in [-0.25, -0.2) is 9.37 Å². The normalized spacial score (nSPS) is 10.4. The van der Waals surface area contributed by atoms with Crippen molar-refractivity contribution in [1.29, 1.82) is 0 Å². The number of imidazole rings is 1. The van der Waals surface area contributed by atoms with E-state index in [-0.39, 0.29) is 5.75 Å². The minimum Gasteiger partial charge on any atom is -0.494 e. The molecule has 0 N–H and O–H groups in total. The molecule has 0 aliphatic rings. The van der Waals surface area contributed by atoms with Crippen LogP contribution in [0.4, 0.5) is 4.39 Å². The van der Waals surface area contributed by atoms with E-state index in [4.69, 9.17) is 4.74 Å². The standard InChI is InChI=1S/C13H13FN2O2/c1-8-15-11(7-17)13(16(8)2)9-4-5-12(18-3)10(14)6-9/h4-7H,1-3H3. The summed E-state index contributed by atoms with van der Waals surface area (Å²) >= 11 is 0. The van der Waals surface area contributed by atoms with Crippen molar-refractivity contribution in [2.24, 2.45) is 7.05 Å². The molecule has 0 spiro atoms. The van der Waals surface area contributed by atoms with Gasteiger partial charge in [0.05, 0.1) is 12.8 Å². The minimum absolute atomic E-state index is 0.172. The maximum atomic E-state index is 13.7. The van der Waals surface area contributed by atoms with Gasteiger partial charge in [0.1, 0.15) is 11.5 Å². The van der Waals surface area contributed by atoms with Crippen LogP contribution in [0.2, 0.25) is 0 Å². The topological polar surface area (TPSA) is 44.1 Å². The first-order valence-corrected chi connectivity index (χ1v) is 5.41. The largest absolute Gasteiger partial charge is 0.494 e. The SMILES string of the molecule is COc1ccc(-c2c(C=O)nc(C)n2C)cc1F. The van der Waals surface area contributed by atoms with Crippen LogP contribution in [0.15, 0.2) is 18.2 Å². The molecule has 2 aromatic rings. The number of benzene rings is 1. The molecule has 0 radical (unpaired) electrons. The molecule has 0 saturated heterocycles. The van der Waals surface area contributed by atoms with Crippen LogP contribution in [-0.2, 0) is 7.05 Å². The minimum atomic E-state index is -0.467. The summed E-state index contributed by atoms with van der Waals surface area (Å²) in [4.78, 5) is 15.1. The lowest BCUT2D eigenvalue weighted by Gasteiger charge is -2.07. The number of aldehydes is 1. The number of hydrogen-bond donors (Lipinski definition) is 0. The van der Waals surface area contributed by atoms with Gasteiger partial charge in [-0.3, -0.25) is 4.79 Å². The van der Waals surface area contributed by atoms with Crippen LogP contribution in [-0.4, -0.2) is 22.9 Å². The molecule has 18 heavy (non-hydrogen) atoms. The molecule has 1 aromatic carbocycles. The number of ether oxygens (including phenoxy) is 1. The maximum Gasteiger partial charge on any atom is 0.170 e. The highest BCUT2D eigenvalue weighted by Crippen LogP contribution is 2.27. The van der Waals surface area contributed by atoms with Crippen LogP contribution in [0, 0.1) is 12.7 Å². The van der Waals surface area contributed by atoms with Gasteiger partial charge in [-0.2, -0.15) is 0 Å². The Balaban J connectivity index is 2.61. The van der Waals surface area contributed by atoms with E-state index in [1.165, 1.54) is 19.2 Å². The van der Waals surface area contributed by atoms with Crippen molar-refractivity contribution in [1.82, 2.24) is 9.55 Å². The predicted octanol–water partition coefficient (Wildman–Crippen LogP) is 2.36. The van der Waals surface area contributed by atoms with Crippen molar-refractivity contribution in [2.45, 2.75) is 6.92 Å². The summed E-state index contributed by atoms with van der Waals surface area (Å²) in [5, 5.41) is 0. The first-order valence-electron chi connectivity index (χ1n) is 5.41. The first kappa shape index (κ1) is 12.3. The molecular weight excluding hydrogens is 235 g/mol. The molecule has 0 unspecified atom stereocenters. The maximum absolute atomic E-state index is 13.7. The second kappa shape index (κ2) is 4.60. The average Bonchev–Trinajstić information content (AvgIpc) is 2.65. The second-order valence-corrected chi connectivity index (χ2v) is 3.92. The predicted molar refractivity (Wildman–Crippen MR) is 65.3 cm³/mol. The van der Waals surface area contributed by atoms with Crippen LogP contribution >= 0.6 is 0 Å². The number of carbonyl (C=O) groups is 1. The van der Waals surface area contributed by atoms with E-state index in [1.807, 2.05) is 0 Å². The Labute approximate surface area is 104 Å². The number of nitrogens with zero attached hydrogens (tertiary/aromatic N) is 2. The van der Waals surface area contributed by atoms with Crippen LogP contribution in [0.5, 0.6) is 5.75 Å². The summed E-state index contributed by atoms with van der Waals surface area (Å²) in [6, 6.07) is 4.56. The molecule has 0 amide bonds. The van der Waals surface area contributed by atoms with E-state index in [2.05, 4.69) is 4.98 Å². The third-order valence-electron chi connectivity index (χ3n) is 2.88. The van der Waals surface area contributed by atoms with Crippen molar-refractivity contribution in [3.63, 3.8) is 0 Å². The van der Waals surface area contributed by atoms with Crippen molar-refractivity contribution in [2.75, 3.05) is 7.11 Å². The number of methoxy groups -OCH3 is 1. The van der Waals surface area contributed by atoms with Gasteiger partial charge >= 0.3 is 0 Å². The Hall–Kier alpha value is -2.17. The highest BCUT2D eigenvalue weighted by Gasteiger charge is 2.15. The fourth-order valence-electron chi connectivity index (χ4n) is 1.87. The Morgan fingerprint density at radius 2 is 2.17 bits per heavy atom. The molecule has 0 fully saturated rings. The highest BCUT2D eigenvalue weighted by molar-refractivity contribution is 5.84. The summed E-state index contributed by atoms with van der Waals surface area (Å²) < 4.78 is 20.3. The number of aryl methyl sites for hydroxylation is 1. The average molecular weight is 248 g/mol. The van der Waals surface area contributed by atoms with E-state index < -0.39 is 5.82 Å². The summed E-state index contributed by atoms with van der Waals surface area (Å²) in [6.07, 6.45) is 0.671. The molecule has 4 nitrogen and oxygen atoms in total. The number of aromatic nitrogens is 2. The first-order chi connectivity index (χ1) is 8.58. The molecule has 0 aliphatic heterocycles. The van der Waals surface area contributed by atoms with Crippen LogP contribution < -0.4 is 4.74 Å². The third-order valence-corrected chi connectivity index (χ3v) is 2.88. The van der Waals surface area contributed by atoms with Crippen LogP contribution in [0.1, 0.15) is 16.3 Å². The van der Waals surface area contributed by atoms with E-state index >= 15 is 0 Å². The second-order valence-electron chi connectivity index (χ2n) is 3.92. The molecule has 0 bridgehead atoms. The van der Waals surface area contributed by atoms with Gasteiger partial charge in [-0.05, 0) is 25.1 Å². The summed E-state index contributed by atoms with van der Waals surface area (Å²) in [6.45, 7) is 1.79. The fraction of sp³-hybridized carbons (Fsp3) is 0.231. The van der Waals surface area contributed by atoms with Gasteiger partial charge < -0.3 is 9.30 Å². The lowest BCUT2D eigenvalue weighted by molar-refractivity contribution is 0.112. The third kappa shape index (κ3) is 1.88. The number of halogens is 1. The molecule has 0 saturated carbocycles. The summed E-state index contributed by atoms with van der Waals surface area (Å²) in [5.74, 6) is 0.402. The van der Waals surface area contributed by atoms with E-state index in [0.29, 0.717) is 29.1 Å². The van der Waals surface area contributed by atoms with Crippen molar-refractivity contribution >= 4 is 6.29 Å². The number of rotatable bonds is 3. The van der Waals surface area contributed by atoms with Gasteiger partial charge in [0.2, 0.25) is 0 Å². The van der Waals surface area contributed by atoms with E-state index in [9.17, 15) is 9.18 Å². The van der Waals surface area contributed by atoms with Crippen molar-refractivity contribution < 1.29 is 13.9 Å². The van der Waals surface area contributed by atoms with Crippen molar-refractivity contribution in [3.8, 4) is 17.0 Å². The van der Waals surface area contributed by atoms with E-state index in [0.717, 1.165) is 0 Å². The van der Waals surface area contributed by atoms with Gasteiger partial charge in [0, 0.05) is 12.6 Å². The molecule has 0 atom stereocenters. The Morgan fingerprint density at radius 3 is 2.72 bits per heavy atom. The van der Waals surface area contributed by atoms with Crippen LogP contribution in [0.25, 0.3) is 11.3 Å². The van der Waals surface area contributed by atoms with Gasteiger partial charge in [0.15, 0.2) is 17.9 Å². The smallest absolute Gasteiger partial charge is 0.170 e. The molecule has 1 heterocycles. The molecular formula is C13H13FN2O2. The van der Waals surface area contributed by atoms with Crippen LogP contribution in [0.3, 0.4) is 0 Å². The molecule has 5 heteroatoms. The number of carbonyl (C=O) groups excluding carboxylic acids is 1. The van der Waals surface area contributed by atoms with Gasteiger partial charge in [0.25, 0.3) is 0 Å². The quantitative estimate of drug-likeness (QED) is 0.783. The Morgan fingerprint density at radius 1 is 1.44 bits per heavy atom. The molecule has 1 aromatic heterocycles. The monoisotopic (exact) mass is 248 g/mol. The van der Waals surface area contributed by atoms with Crippen molar-refractivity contribution in [3.05, 3.63) is 35.5 Å². The lowest BCUT2D eigenvalue weighted by atomic mass is 10.1. The molecule has 0 aliphatic carbocycles. The van der Waals surface area contributed by atoms with Gasteiger partial charge in [-0.15, -0.1) is 0 Å². The Bertz CT molecular complexity index is 605. The molecule has 2 rings (SSSR count). The highest BCUT2D eigenvalue weighted by atomic mass is 19.1. The Kier molecular flexibility index (Phi) is 3.14.